The van der Waals surface area contributed by atoms with Crippen molar-refractivity contribution >= 4 is 27.3 Å². The zero-order valence-corrected chi connectivity index (χ0v) is 16.3. The molecule has 0 saturated carbocycles. The summed E-state index contributed by atoms with van der Waals surface area (Å²) >= 11 is 1.55. The molecule has 2 heterocycles. The van der Waals surface area contributed by atoms with Crippen molar-refractivity contribution in [1.82, 2.24) is 9.29 Å². The number of sulfonamides is 1. The molecule has 1 aromatic heterocycles. The highest BCUT2D eigenvalue weighted by molar-refractivity contribution is 7.89. The van der Waals surface area contributed by atoms with Crippen molar-refractivity contribution in [2.75, 3.05) is 13.1 Å². The quantitative estimate of drug-likeness (QED) is 0.674. The number of hydrogen-bond donors (Lipinski definition) is 0. The average molecular weight is 395 g/mol. The summed E-state index contributed by atoms with van der Waals surface area (Å²) in [5.41, 5.74) is 0.946. The minimum Gasteiger partial charge on any atom is -0.456 e. The van der Waals surface area contributed by atoms with Crippen molar-refractivity contribution in [1.29, 1.82) is 0 Å². The van der Waals surface area contributed by atoms with Crippen molar-refractivity contribution < 1.29 is 17.9 Å². The molecule has 1 fully saturated rings. The first-order valence-electron chi connectivity index (χ1n) is 8.71. The second kappa shape index (κ2) is 8.28. The van der Waals surface area contributed by atoms with Gasteiger partial charge < -0.3 is 4.74 Å². The molecular formula is C18H22N2O4S2. The maximum absolute atomic E-state index is 12.6. The monoisotopic (exact) mass is 394 g/mol. The van der Waals surface area contributed by atoms with Gasteiger partial charge in [-0.1, -0.05) is 13.0 Å². The van der Waals surface area contributed by atoms with Crippen molar-refractivity contribution in [3.63, 3.8) is 0 Å². The first-order chi connectivity index (χ1) is 12.5. The van der Waals surface area contributed by atoms with Gasteiger partial charge in [-0.2, -0.15) is 4.31 Å². The van der Waals surface area contributed by atoms with E-state index in [1.54, 1.807) is 23.5 Å². The van der Waals surface area contributed by atoms with Gasteiger partial charge in [0.05, 0.1) is 21.2 Å². The van der Waals surface area contributed by atoms with E-state index in [2.05, 4.69) is 11.9 Å². The molecule has 0 aliphatic carbocycles. The Bertz CT molecular complexity index is 871. The highest BCUT2D eigenvalue weighted by Crippen LogP contribution is 2.22. The second-order valence-electron chi connectivity index (χ2n) is 6.20. The first kappa shape index (κ1) is 19.0. The Hall–Kier alpha value is -1.77. The summed E-state index contributed by atoms with van der Waals surface area (Å²) in [6.07, 6.45) is 3.67. The molecular weight excluding hydrogens is 372 g/mol. The molecule has 1 aromatic carbocycles. The van der Waals surface area contributed by atoms with Gasteiger partial charge in [0.15, 0.2) is 0 Å². The summed E-state index contributed by atoms with van der Waals surface area (Å²) in [6, 6.07) is 6.04. The standard InChI is InChI=1S/C18H22N2O4S2/c1-2-6-17-19-15(13-25-17)12-24-18(21)14-7-5-8-16(11-14)26(22,23)20-9-3-4-10-20/h5,7-8,11,13H,2-4,6,9-10,12H2,1H3. The molecule has 3 rings (SSSR count). The van der Waals surface area contributed by atoms with E-state index in [4.69, 9.17) is 4.74 Å². The SMILES string of the molecule is CCCc1nc(COC(=O)c2cccc(S(=O)(=O)N3CCCC3)c2)cs1. The fourth-order valence-corrected chi connectivity index (χ4v) is 5.28. The van der Waals surface area contributed by atoms with Crippen LogP contribution in [0.2, 0.25) is 0 Å². The van der Waals surface area contributed by atoms with E-state index in [1.165, 1.54) is 16.4 Å². The number of aromatic nitrogens is 1. The molecule has 2 aromatic rings. The van der Waals surface area contributed by atoms with E-state index in [0.29, 0.717) is 18.8 Å². The molecule has 0 bridgehead atoms. The van der Waals surface area contributed by atoms with Crippen LogP contribution >= 0.6 is 11.3 Å². The molecule has 6 nitrogen and oxygen atoms in total. The van der Waals surface area contributed by atoms with Crippen LogP contribution in [0.1, 0.15) is 47.2 Å². The van der Waals surface area contributed by atoms with Crippen LogP contribution in [-0.4, -0.2) is 36.8 Å². The van der Waals surface area contributed by atoms with E-state index < -0.39 is 16.0 Å². The van der Waals surface area contributed by atoms with Gasteiger partial charge in [-0.15, -0.1) is 11.3 Å². The third-order valence-electron chi connectivity index (χ3n) is 4.19. The molecule has 0 atom stereocenters. The smallest absolute Gasteiger partial charge is 0.338 e. The topological polar surface area (TPSA) is 76.6 Å². The second-order valence-corrected chi connectivity index (χ2v) is 9.08. The number of rotatable bonds is 7. The first-order valence-corrected chi connectivity index (χ1v) is 11.0. The van der Waals surface area contributed by atoms with Crippen molar-refractivity contribution in [3.8, 4) is 0 Å². The lowest BCUT2D eigenvalue weighted by Gasteiger charge is -2.15. The van der Waals surface area contributed by atoms with Crippen LogP contribution < -0.4 is 0 Å². The van der Waals surface area contributed by atoms with E-state index in [0.717, 1.165) is 30.7 Å². The summed E-state index contributed by atoms with van der Waals surface area (Å²) in [7, 11) is -3.55. The number of benzene rings is 1. The number of carbonyl (C=O) groups excluding carboxylic acids is 1. The Balaban J connectivity index is 1.67. The molecule has 8 heteroatoms. The summed E-state index contributed by atoms with van der Waals surface area (Å²) in [6.45, 7) is 3.23. The normalized spacial score (nSPS) is 15.3. The highest BCUT2D eigenvalue weighted by atomic mass is 32.2. The Morgan fingerprint density at radius 3 is 2.81 bits per heavy atom. The highest BCUT2D eigenvalue weighted by Gasteiger charge is 2.27. The van der Waals surface area contributed by atoms with Crippen LogP contribution in [-0.2, 0) is 27.8 Å². The lowest BCUT2D eigenvalue weighted by molar-refractivity contribution is 0.0468. The molecule has 0 amide bonds. The van der Waals surface area contributed by atoms with Gasteiger partial charge in [-0.3, -0.25) is 0 Å². The predicted molar refractivity (Wildman–Crippen MR) is 99.7 cm³/mol. The Morgan fingerprint density at radius 2 is 2.08 bits per heavy atom. The van der Waals surface area contributed by atoms with Crippen LogP contribution in [0, 0.1) is 0 Å². The van der Waals surface area contributed by atoms with Crippen molar-refractivity contribution in [3.05, 3.63) is 45.9 Å². The zero-order valence-electron chi connectivity index (χ0n) is 14.7. The van der Waals surface area contributed by atoms with Gasteiger partial charge >= 0.3 is 5.97 Å². The maximum Gasteiger partial charge on any atom is 0.338 e. The number of esters is 1. The van der Waals surface area contributed by atoms with E-state index >= 15 is 0 Å². The van der Waals surface area contributed by atoms with Crippen LogP contribution in [0.15, 0.2) is 34.5 Å². The third-order valence-corrected chi connectivity index (χ3v) is 7.04. The van der Waals surface area contributed by atoms with Crippen LogP contribution in [0.5, 0.6) is 0 Å². The summed E-state index contributed by atoms with van der Waals surface area (Å²) in [5.74, 6) is -0.548. The molecule has 0 spiro atoms. The van der Waals surface area contributed by atoms with Gasteiger partial charge in [0.1, 0.15) is 6.61 Å². The fraction of sp³-hybridized carbons (Fsp3) is 0.444. The van der Waals surface area contributed by atoms with Gasteiger partial charge in [0.2, 0.25) is 10.0 Å². The van der Waals surface area contributed by atoms with E-state index in [1.807, 2.05) is 5.38 Å². The minimum absolute atomic E-state index is 0.0855. The zero-order chi connectivity index (χ0) is 18.6. The lowest BCUT2D eigenvalue weighted by Crippen LogP contribution is -2.28. The van der Waals surface area contributed by atoms with Gasteiger partial charge in [-0.05, 0) is 43.9 Å². The van der Waals surface area contributed by atoms with Gasteiger partial charge in [-0.25, -0.2) is 18.2 Å². The summed E-state index contributed by atoms with van der Waals surface area (Å²) < 4.78 is 32.0. The molecule has 1 aliphatic heterocycles. The average Bonchev–Trinajstić information content (AvgIpc) is 3.32. The van der Waals surface area contributed by atoms with E-state index in [-0.39, 0.29) is 17.1 Å². The van der Waals surface area contributed by atoms with Gasteiger partial charge in [0, 0.05) is 18.5 Å². The van der Waals surface area contributed by atoms with Gasteiger partial charge in [0.25, 0.3) is 0 Å². The molecule has 1 saturated heterocycles. The van der Waals surface area contributed by atoms with Crippen molar-refractivity contribution in [2.45, 2.75) is 44.1 Å². The molecule has 140 valence electrons. The number of aryl methyl sites for hydroxylation is 1. The number of thiazole rings is 1. The number of carbonyl (C=O) groups is 1. The number of nitrogens with zero attached hydrogens (tertiary/aromatic N) is 2. The molecule has 0 radical (unpaired) electrons. The number of ether oxygens (including phenoxy) is 1. The van der Waals surface area contributed by atoms with Crippen LogP contribution in [0.25, 0.3) is 0 Å². The fourth-order valence-electron chi connectivity index (χ4n) is 2.83. The Kier molecular flexibility index (Phi) is 6.05. The Morgan fingerprint density at radius 1 is 1.31 bits per heavy atom. The molecule has 0 unspecified atom stereocenters. The molecule has 1 aliphatic rings. The predicted octanol–water partition coefficient (Wildman–Crippen LogP) is 3.24. The summed E-state index contributed by atoms with van der Waals surface area (Å²) in [5, 5.41) is 2.91. The van der Waals surface area contributed by atoms with Crippen molar-refractivity contribution in [2.24, 2.45) is 0 Å². The Labute approximate surface area is 157 Å². The lowest BCUT2D eigenvalue weighted by atomic mass is 10.2. The number of hydrogen-bond acceptors (Lipinski definition) is 6. The summed E-state index contributed by atoms with van der Waals surface area (Å²) in [4.78, 5) is 16.8. The molecule has 0 N–H and O–H groups in total. The molecule has 26 heavy (non-hydrogen) atoms. The maximum atomic E-state index is 12.6. The third kappa shape index (κ3) is 4.31. The van der Waals surface area contributed by atoms with E-state index in [9.17, 15) is 13.2 Å². The largest absolute Gasteiger partial charge is 0.456 e. The minimum atomic E-state index is -3.55. The van der Waals surface area contributed by atoms with Crippen LogP contribution in [0.4, 0.5) is 0 Å². The van der Waals surface area contributed by atoms with Crippen LogP contribution in [0.3, 0.4) is 0 Å².